The molecule has 1 aromatic heterocycles. The molecule has 64 heavy (non-hydrogen) atoms. The zero-order chi connectivity index (χ0) is 43.0. The third-order valence-corrected chi connectivity index (χ3v) is 14.5. The summed E-state index contributed by atoms with van der Waals surface area (Å²) in [7, 11) is 0. The Kier molecular flexibility index (Phi) is 8.81. The van der Waals surface area contributed by atoms with Gasteiger partial charge in [0.05, 0.1) is 11.5 Å². The minimum absolute atomic E-state index is 0.172. The molecular weight excluding hydrogens is 779 g/mol. The maximum absolute atomic E-state index is 6.96. The van der Waals surface area contributed by atoms with E-state index in [9.17, 15) is 0 Å². The summed E-state index contributed by atoms with van der Waals surface area (Å²) < 4.78 is 6.22. The molecule has 0 amide bonds. The fraction of sp³-hybridized carbons (Fsp3) is 0.133. The molecule has 8 aromatic rings. The van der Waals surface area contributed by atoms with Crippen LogP contribution in [0.15, 0.2) is 214 Å². The highest BCUT2D eigenvalue weighted by Gasteiger charge is 2.63. The van der Waals surface area contributed by atoms with Gasteiger partial charge in [-0.25, -0.2) is 4.99 Å². The number of hydrogen-bond acceptors (Lipinski definition) is 2. The summed E-state index contributed by atoms with van der Waals surface area (Å²) >= 11 is 0. The second-order valence-corrected chi connectivity index (χ2v) is 17.9. The second kappa shape index (κ2) is 14.8. The number of nitrogens with two attached hydrogens (primary N) is 1. The van der Waals surface area contributed by atoms with Gasteiger partial charge in [-0.2, -0.15) is 0 Å². The Bertz CT molecular complexity index is 3410. The van der Waals surface area contributed by atoms with E-state index in [1.807, 2.05) is 66.7 Å². The summed E-state index contributed by atoms with van der Waals surface area (Å²) in [5.41, 5.74) is 26.1. The highest BCUT2D eigenvalue weighted by Crippen LogP contribution is 2.72. The standard InChI is InChI=1S/C60H47N3O/c1-38(45-27-16-32-55-56(45)49-26-9-13-31-54(49)64-55)62-58(39-17-4-3-5-18-39)63-57(61)43-22-15-20-41(36-43)40-19-14-21-42(35-40)44-33-34-50-48-25-8-12-30-53(48)60(59(50,2)37-44)51-28-10-6-23-46(51)47-24-7-11-29-52(47)60/h3-10,12-28,30-36,38H,11,29,37H2,1-2H3,(H2,61,62,63). The summed E-state index contributed by atoms with van der Waals surface area (Å²) in [4.78, 5) is 10.3. The number of rotatable bonds is 6. The van der Waals surface area contributed by atoms with Crippen LogP contribution in [0.25, 0.3) is 49.8 Å². The quantitative estimate of drug-likeness (QED) is 0.134. The third kappa shape index (κ3) is 5.68. The molecule has 0 fully saturated rings. The molecule has 0 aliphatic heterocycles. The van der Waals surface area contributed by atoms with Crippen molar-refractivity contribution in [1.82, 2.24) is 0 Å². The largest absolute Gasteiger partial charge is 0.456 e. The van der Waals surface area contributed by atoms with Crippen molar-refractivity contribution in [3.05, 3.63) is 244 Å². The molecular formula is C60H47N3O. The predicted octanol–water partition coefficient (Wildman–Crippen LogP) is 14.5. The molecule has 3 atom stereocenters. The van der Waals surface area contributed by atoms with Gasteiger partial charge in [0.15, 0.2) is 5.84 Å². The fourth-order valence-electron chi connectivity index (χ4n) is 11.7. The molecule has 7 aromatic carbocycles. The Morgan fingerprint density at radius 2 is 1.33 bits per heavy atom. The average Bonchev–Trinajstić information content (AvgIpc) is 3.96. The van der Waals surface area contributed by atoms with Crippen LogP contribution in [0.3, 0.4) is 0 Å². The zero-order valence-corrected chi connectivity index (χ0v) is 36.1. The number of amidine groups is 2. The van der Waals surface area contributed by atoms with E-state index in [1.54, 1.807) is 5.57 Å². The van der Waals surface area contributed by atoms with E-state index in [4.69, 9.17) is 20.1 Å². The van der Waals surface area contributed by atoms with Gasteiger partial charge in [-0.3, -0.25) is 4.99 Å². The lowest BCUT2D eigenvalue weighted by Gasteiger charge is -2.47. The second-order valence-electron chi connectivity index (χ2n) is 17.9. The highest BCUT2D eigenvalue weighted by molar-refractivity contribution is 6.12. The zero-order valence-electron chi connectivity index (χ0n) is 36.1. The molecule has 4 heteroatoms. The molecule has 0 bridgehead atoms. The number of fused-ring (bicyclic) bond motifs is 12. The first kappa shape index (κ1) is 38.1. The predicted molar refractivity (Wildman–Crippen MR) is 265 cm³/mol. The molecule has 0 radical (unpaired) electrons. The molecule has 0 saturated carbocycles. The van der Waals surface area contributed by atoms with Crippen LogP contribution in [-0.4, -0.2) is 11.7 Å². The van der Waals surface area contributed by atoms with E-state index in [0.717, 1.165) is 69.0 Å². The molecule has 1 spiro atoms. The summed E-state index contributed by atoms with van der Waals surface area (Å²) in [6.45, 7) is 4.65. The van der Waals surface area contributed by atoms with Crippen molar-refractivity contribution < 1.29 is 4.42 Å². The van der Waals surface area contributed by atoms with Gasteiger partial charge < -0.3 is 10.2 Å². The minimum atomic E-state index is -0.227. The number of hydrogen-bond donors (Lipinski definition) is 1. The SMILES string of the molecule is CC(N=C(N=C(N)c1cccc(-c2cccc(C3=CC=C4c5ccccc5C5(C6=C(C=CCC6)c6ccccc65)C4(C)C3)c2)c1)c1ccccc1)c1cccc2oc3ccccc3c12. The Balaban J connectivity index is 0.898. The van der Waals surface area contributed by atoms with Gasteiger partial charge in [-0.15, -0.1) is 0 Å². The maximum atomic E-state index is 6.96. The molecule has 308 valence electrons. The van der Waals surface area contributed by atoms with Gasteiger partial charge >= 0.3 is 0 Å². The van der Waals surface area contributed by atoms with E-state index in [0.29, 0.717) is 11.7 Å². The normalized spacial score (nSPS) is 20.5. The lowest BCUT2D eigenvalue weighted by atomic mass is 9.54. The lowest BCUT2D eigenvalue weighted by molar-refractivity contribution is 0.318. The van der Waals surface area contributed by atoms with Crippen molar-refractivity contribution >= 4 is 50.3 Å². The first-order chi connectivity index (χ1) is 31.4. The Morgan fingerprint density at radius 1 is 0.656 bits per heavy atom. The molecule has 2 N–H and O–H groups in total. The summed E-state index contributed by atoms with van der Waals surface area (Å²) in [6.07, 6.45) is 12.7. The van der Waals surface area contributed by atoms with Gasteiger partial charge in [0.25, 0.3) is 0 Å². The van der Waals surface area contributed by atoms with E-state index in [1.165, 1.54) is 44.5 Å². The van der Waals surface area contributed by atoms with Gasteiger partial charge in [0.1, 0.15) is 17.0 Å². The topological polar surface area (TPSA) is 63.9 Å². The first-order valence-electron chi connectivity index (χ1n) is 22.5. The van der Waals surface area contributed by atoms with Gasteiger partial charge in [0, 0.05) is 27.3 Å². The van der Waals surface area contributed by atoms with Crippen LogP contribution in [0.4, 0.5) is 0 Å². The molecule has 3 unspecified atom stereocenters. The van der Waals surface area contributed by atoms with E-state index >= 15 is 0 Å². The van der Waals surface area contributed by atoms with Crippen molar-refractivity contribution in [3.8, 4) is 11.1 Å². The lowest BCUT2D eigenvalue weighted by Crippen LogP contribution is -2.42. The molecule has 0 saturated heterocycles. The molecule has 12 rings (SSSR count). The average molecular weight is 826 g/mol. The summed E-state index contributed by atoms with van der Waals surface area (Å²) in [6, 6.07) is 60.1. The van der Waals surface area contributed by atoms with Gasteiger partial charge in [0.2, 0.25) is 0 Å². The number of aliphatic imine (C=N–C) groups is 2. The Morgan fingerprint density at radius 3 is 2.19 bits per heavy atom. The maximum Gasteiger partial charge on any atom is 0.157 e. The molecule has 4 nitrogen and oxygen atoms in total. The number of nitrogens with zero attached hydrogens (tertiary/aromatic N) is 2. The van der Waals surface area contributed by atoms with E-state index < -0.39 is 0 Å². The first-order valence-corrected chi connectivity index (χ1v) is 22.5. The van der Waals surface area contributed by atoms with Crippen molar-refractivity contribution in [2.24, 2.45) is 21.1 Å². The Labute approximate surface area is 374 Å². The van der Waals surface area contributed by atoms with Crippen molar-refractivity contribution in [2.45, 2.75) is 44.6 Å². The van der Waals surface area contributed by atoms with Gasteiger partial charge in [-0.1, -0.05) is 177 Å². The number of furan rings is 1. The van der Waals surface area contributed by atoms with Crippen molar-refractivity contribution in [1.29, 1.82) is 0 Å². The Hall–Kier alpha value is -7.56. The van der Waals surface area contributed by atoms with Crippen LogP contribution in [-0.2, 0) is 5.41 Å². The van der Waals surface area contributed by atoms with Crippen LogP contribution < -0.4 is 5.73 Å². The smallest absolute Gasteiger partial charge is 0.157 e. The highest BCUT2D eigenvalue weighted by atomic mass is 16.3. The van der Waals surface area contributed by atoms with Crippen LogP contribution in [0.1, 0.15) is 83.7 Å². The third-order valence-electron chi connectivity index (χ3n) is 14.5. The number of allylic oxidation sites excluding steroid dienone is 8. The minimum Gasteiger partial charge on any atom is -0.456 e. The fourth-order valence-corrected chi connectivity index (χ4v) is 11.7. The van der Waals surface area contributed by atoms with E-state index in [2.05, 4.69) is 141 Å². The number of para-hydroxylation sites is 1. The van der Waals surface area contributed by atoms with Crippen LogP contribution in [0.5, 0.6) is 0 Å². The number of benzene rings is 7. The van der Waals surface area contributed by atoms with Crippen molar-refractivity contribution in [2.75, 3.05) is 0 Å². The van der Waals surface area contributed by atoms with Gasteiger partial charge in [-0.05, 0) is 117 Å². The van der Waals surface area contributed by atoms with Crippen LogP contribution in [0, 0.1) is 5.41 Å². The van der Waals surface area contributed by atoms with E-state index in [-0.39, 0.29) is 16.9 Å². The van der Waals surface area contributed by atoms with Crippen molar-refractivity contribution in [3.63, 3.8) is 0 Å². The summed E-state index contributed by atoms with van der Waals surface area (Å²) in [5.74, 6) is 0.992. The molecule has 1 heterocycles. The van der Waals surface area contributed by atoms with Crippen LogP contribution in [0.2, 0.25) is 0 Å². The molecule has 4 aliphatic rings. The molecule has 4 aliphatic carbocycles. The summed E-state index contributed by atoms with van der Waals surface area (Å²) in [5, 5.41) is 2.16. The van der Waals surface area contributed by atoms with Crippen LogP contribution >= 0.6 is 0 Å². The monoisotopic (exact) mass is 825 g/mol.